The maximum atomic E-state index is 11.4. The number of carbonyl (C=O) groups is 1. The van der Waals surface area contributed by atoms with Crippen LogP contribution in [0, 0.1) is 0 Å². The Hall–Kier alpha value is -1.44. The third kappa shape index (κ3) is 3.42. The van der Waals surface area contributed by atoms with Crippen molar-refractivity contribution in [2.45, 2.75) is 23.3 Å². The molecule has 0 saturated carbocycles. The van der Waals surface area contributed by atoms with Crippen molar-refractivity contribution in [1.29, 1.82) is 0 Å². The summed E-state index contributed by atoms with van der Waals surface area (Å²) >= 11 is 0. The van der Waals surface area contributed by atoms with Crippen LogP contribution in [0.4, 0.5) is 0 Å². The fourth-order valence-electron chi connectivity index (χ4n) is 2.49. The summed E-state index contributed by atoms with van der Waals surface area (Å²) in [6.45, 7) is 2.84. The molecule has 2 N–H and O–H groups in total. The lowest BCUT2D eigenvalue weighted by molar-refractivity contribution is -0.178. The minimum absolute atomic E-state index is 0.119. The first-order valence-corrected chi connectivity index (χ1v) is 8.49. The molecule has 1 unspecified atom stereocenters. The molecular weight excluding hydrogens is 294 g/mol. The van der Waals surface area contributed by atoms with Gasteiger partial charge in [0.05, 0.1) is 4.90 Å². The second-order valence-electron chi connectivity index (χ2n) is 5.75. The zero-order valence-corrected chi connectivity index (χ0v) is 12.8. The number of likely N-dealkylation sites (tertiary alicyclic amines) is 1. The van der Waals surface area contributed by atoms with E-state index in [-0.39, 0.29) is 23.9 Å². The van der Waals surface area contributed by atoms with E-state index in [1.807, 2.05) is 11.8 Å². The van der Waals surface area contributed by atoms with Crippen LogP contribution < -0.4 is 0 Å². The Kier molecular flexibility index (Phi) is 4.10. The molecular formula is C14H19NO5S. The summed E-state index contributed by atoms with van der Waals surface area (Å²) in [4.78, 5) is 12.9. The predicted octanol–water partition coefficient (Wildman–Crippen LogP) is 0.325. The van der Waals surface area contributed by atoms with E-state index in [1.165, 1.54) is 0 Å². The molecule has 1 aliphatic heterocycles. The van der Waals surface area contributed by atoms with Crippen molar-refractivity contribution in [2.24, 2.45) is 0 Å². The lowest BCUT2D eigenvalue weighted by atomic mass is 9.91. The number of benzene rings is 1. The fourth-order valence-corrected chi connectivity index (χ4v) is 3.12. The summed E-state index contributed by atoms with van der Waals surface area (Å²) in [6, 6.07) is 6.68. The van der Waals surface area contributed by atoms with Crippen LogP contribution in [0.5, 0.6) is 0 Å². The summed E-state index contributed by atoms with van der Waals surface area (Å²) in [7, 11) is -3.20. The molecule has 6 nitrogen and oxygen atoms in total. The molecule has 1 saturated heterocycles. The monoisotopic (exact) mass is 313 g/mol. The van der Waals surface area contributed by atoms with Crippen LogP contribution in [0.2, 0.25) is 0 Å². The van der Waals surface area contributed by atoms with E-state index in [0.717, 1.165) is 11.8 Å². The Morgan fingerprint density at radius 3 is 2.29 bits per heavy atom. The van der Waals surface area contributed by atoms with E-state index in [4.69, 9.17) is 5.11 Å². The number of hydrogen-bond donors (Lipinski definition) is 2. The summed E-state index contributed by atoms with van der Waals surface area (Å²) in [5.74, 6) is -1.07. The molecule has 2 rings (SSSR count). The van der Waals surface area contributed by atoms with Crippen molar-refractivity contribution >= 4 is 15.8 Å². The number of carboxylic acids is 1. The van der Waals surface area contributed by atoms with Crippen molar-refractivity contribution in [3.05, 3.63) is 29.8 Å². The molecule has 1 atom stereocenters. The molecule has 21 heavy (non-hydrogen) atoms. The van der Waals surface area contributed by atoms with Crippen LogP contribution in [0.3, 0.4) is 0 Å². The molecule has 0 amide bonds. The van der Waals surface area contributed by atoms with E-state index in [1.54, 1.807) is 24.3 Å². The molecule has 1 heterocycles. The first-order valence-electron chi connectivity index (χ1n) is 6.60. The van der Waals surface area contributed by atoms with Crippen molar-refractivity contribution in [3.63, 3.8) is 0 Å². The number of β-amino-alcohol motifs (C(OH)–C–C–N with tert-alkyl or cyclic N) is 1. The van der Waals surface area contributed by atoms with Gasteiger partial charge in [-0.15, -0.1) is 0 Å². The van der Waals surface area contributed by atoms with Crippen molar-refractivity contribution < 1.29 is 23.4 Å². The van der Waals surface area contributed by atoms with Gasteiger partial charge < -0.3 is 10.2 Å². The van der Waals surface area contributed by atoms with Gasteiger partial charge in [-0.05, 0) is 23.6 Å². The highest BCUT2D eigenvalue weighted by Gasteiger charge is 2.48. The van der Waals surface area contributed by atoms with Crippen LogP contribution in [-0.2, 0) is 14.6 Å². The molecule has 7 heteroatoms. The van der Waals surface area contributed by atoms with Crippen LogP contribution in [-0.4, -0.2) is 61.0 Å². The first kappa shape index (κ1) is 15.9. The third-order valence-corrected chi connectivity index (χ3v) is 4.91. The second kappa shape index (κ2) is 5.40. The molecule has 0 radical (unpaired) electrons. The van der Waals surface area contributed by atoms with Gasteiger partial charge in [-0.3, -0.25) is 4.90 Å². The van der Waals surface area contributed by atoms with Gasteiger partial charge in [0, 0.05) is 25.9 Å². The van der Waals surface area contributed by atoms with Crippen LogP contribution in [0.1, 0.15) is 18.4 Å². The van der Waals surface area contributed by atoms with Crippen LogP contribution in [0.25, 0.3) is 0 Å². The highest BCUT2D eigenvalue weighted by atomic mass is 32.2. The van der Waals surface area contributed by atoms with Gasteiger partial charge in [-0.2, -0.15) is 0 Å². The molecule has 1 aliphatic rings. The largest absolute Gasteiger partial charge is 0.479 e. The number of rotatable bonds is 5. The zero-order valence-electron chi connectivity index (χ0n) is 12.0. The molecule has 0 aliphatic carbocycles. The van der Waals surface area contributed by atoms with Crippen LogP contribution in [0.15, 0.2) is 29.2 Å². The average Bonchev–Trinajstić information content (AvgIpc) is 2.35. The van der Waals surface area contributed by atoms with E-state index < -0.39 is 21.4 Å². The Morgan fingerprint density at radius 2 is 1.86 bits per heavy atom. The Labute approximate surface area is 123 Å². The van der Waals surface area contributed by atoms with Gasteiger partial charge in [-0.1, -0.05) is 19.1 Å². The normalized spacial score (nSPS) is 19.8. The maximum absolute atomic E-state index is 11.4. The highest BCUT2D eigenvalue weighted by molar-refractivity contribution is 7.90. The second-order valence-corrected chi connectivity index (χ2v) is 7.76. The molecule has 1 aromatic carbocycles. The van der Waals surface area contributed by atoms with Gasteiger partial charge >= 0.3 is 5.97 Å². The molecule has 1 fully saturated rings. The van der Waals surface area contributed by atoms with E-state index in [0.29, 0.717) is 6.54 Å². The number of nitrogens with zero attached hydrogens (tertiary/aromatic N) is 1. The standard InChI is InChI=1S/C14H19NO5S/c1-10(7-15-8-14(18,9-15)13(16)17)11-3-5-12(6-4-11)21(2,19)20/h3-6,10,18H,7-9H2,1-2H3,(H,16,17). The zero-order chi connectivity index (χ0) is 15.8. The quantitative estimate of drug-likeness (QED) is 0.813. The summed E-state index contributed by atoms with van der Waals surface area (Å²) < 4.78 is 22.8. The molecule has 0 spiro atoms. The summed E-state index contributed by atoms with van der Waals surface area (Å²) in [5, 5.41) is 18.5. The van der Waals surface area contributed by atoms with Crippen molar-refractivity contribution in [2.75, 3.05) is 25.9 Å². The Bertz CT molecular complexity index is 632. The number of aliphatic carboxylic acids is 1. The van der Waals surface area contributed by atoms with Gasteiger partial charge in [0.1, 0.15) is 0 Å². The van der Waals surface area contributed by atoms with Crippen LogP contribution >= 0.6 is 0 Å². The summed E-state index contributed by atoms with van der Waals surface area (Å²) in [5.41, 5.74) is -0.645. The van der Waals surface area contributed by atoms with Crippen molar-refractivity contribution in [1.82, 2.24) is 4.90 Å². The molecule has 116 valence electrons. The smallest absolute Gasteiger partial charge is 0.338 e. The Balaban J connectivity index is 1.96. The van der Waals surface area contributed by atoms with E-state index in [9.17, 15) is 18.3 Å². The number of carboxylic acid groups (broad SMARTS) is 1. The van der Waals surface area contributed by atoms with E-state index >= 15 is 0 Å². The number of aliphatic hydroxyl groups is 1. The minimum atomic E-state index is -3.20. The minimum Gasteiger partial charge on any atom is -0.479 e. The topological polar surface area (TPSA) is 94.9 Å². The lowest BCUT2D eigenvalue weighted by Crippen LogP contribution is -2.66. The van der Waals surface area contributed by atoms with Crippen molar-refractivity contribution in [3.8, 4) is 0 Å². The van der Waals surface area contributed by atoms with E-state index in [2.05, 4.69) is 0 Å². The molecule has 0 bridgehead atoms. The molecule has 0 aromatic heterocycles. The van der Waals surface area contributed by atoms with Gasteiger partial charge in [-0.25, -0.2) is 13.2 Å². The predicted molar refractivity (Wildman–Crippen MR) is 77.0 cm³/mol. The van der Waals surface area contributed by atoms with Gasteiger partial charge in [0.25, 0.3) is 0 Å². The number of hydrogen-bond acceptors (Lipinski definition) is 5. The van der Waals surface area contributed by atoms with Gasteiger partial charge in [0.15, 0.2) is 15.4 Å². The fraction of sp³-hybridized carbons (Fsp3) is 0.500. The number of sulfone groups is 1. The Morgan fingerprint density at radius 1 is 1.33 bits per heavy atom. The maximum Gasteiger partial charge on any atom is 0.338 e. The SMILES string of the molecule is CC(CN1CC(O)(C(=O)O)C1)c1ccc(S(C)(=O)=O)cc1. The average molecular weight is 313 g/mol. The summed E-state index contributed by atoms with van der Waals surface area (Å²) in [6.07, 6.45) is 1.16. The molecule has 1 aromatic rings. The third-order valence-electron chi connectivity index (χ3n) is 3.78. The first-order chi connectivity index (χ1) is 9.62. The van der Waals surface area contributed by atoms with Gasteiger partial charge in [0.2, 0.25) is 0 Å². The lowest BCUT2D eigenvalue weighted by Gasteiger charge is -2.44. The highest BCUT2D eigenvalue weighted by Crippen LogP contribution is 2.26.